The number of hydrogen-bond donors (Lipinski definition) is 1. The predicted molar refractivity (Wildman–Crippen MR) is 92.3 cm³/mol. The molecule has 24 heavy (non-hydrogen) atoms. The number of ether oxygens (including phenoxy) is 1. The van der Waals surface area contributed by atoms with Crippen LogP contribution in [0.25, 0.3) is 11.3 Å². The Bertz CT molecular complexity index is 771. The van der Waals surface area contributed by atoms with Crippen LogP contribution in [0.1, 0.15) is 49.3 Å². The van der Waals surface area contributed by atoms with Crippen LogP contribution in [-0.2, 0) is 12.8 Å². The maximum atomic E-state index is 12.6. The van der Waals surface area contributed by atoms with E-state index in [9.17, 15) is 4.79 Å². The van der Waals surface area contributed by atoms with Gasteiger partial charge in [0.25, 0.3) is 5.91 Å². The summed E-state index contributed by atoms with van der Waals surface area (Å²) in [7, 11) is 1.64. The number of fused-ring (bicyclic) bond motifs is 3. The third-order valence-electron chi connectivity index (χ3n) is 4.86. The highest BCUT2D eigenvalue weighted by molar-refractivity contribution is 5.95. The predicted octanol–water partition coefficient (Wildman–Crippen LogP) is 3.61. The van der Waals surface area contributed by atoms with Crippen molar-refractivity contribution in [2.75, 3.05) is 7.11 Å². The Morgan fingerprint density at radius 3 is 2.75 bits per heavy atom. The van der Waals surface area contributed by atoms with E-state index in [1.54, 1.807) is 7.11 Å². The summed E-state index contributed by atoms with van der Waals surface area (Å²) in [6.07, 6.45) is 1.62. The summed E-state index contributed by atoms with van der Waals surface area (Å²) in [5.74, 6) is 1.28. The highest BCUT2D eigenvalue weighted by Crippen LogP contribution is 2.37. The van der Waals surface area contributed by atoms with Crippen LogP contribution in [0.15, 0.2) is 22.7 Å². The van der Waals surface area contributed by atoms with Gasteiger partial charge < -0.3 is 14.6 Å². The lowest BCUT2D eigenvalue weighted by atomic mass is 9.87. The van der Waals surface area contributed by atoms with Crippen LogP contribution in [-0.4, -0.2) is 24.2 Å². The van der Waals surface area contributed by atoms with Gasteiger partial charge in [0, 0.05) is 17.2 Å². The molecule has 5 nitrogen and oxygen atoms in total. The zero-order valence-corrected chi connectivity index (χ0v) is 14.9. The van der Waals surface area contributed by atoms with Gasteiger partial charge in [-0.3, -0.25) is 4.79 Å². The molecule has 1 aliphatic carbocycles. The van der Waals surface area contributed by atoms with Gasteiger partial charge in [0.1, 0.15) is 5.75 Å². The molecule has 128 valence electrons. The maximum absolute atomic E-state index is 12.6. The molecule has 1 heterocycles. The molecule has 0 radical (unpaired) electrons. The van der Waals surface area contributed by atoms with Gasteiger partial charge in [-0.15, -0.1) is 0 Å². The molecule has 0 unspecified atom stereocenters. The van der Waals surface area contributed by atoms with E-state index < -0.39 is 0 Å². The van der Waals surface area contributed by atoms with Gasteiger partial charge >= 0.3 is 0 Å². The quantitative estimate of drug-likeness (QED) is 0.935. The summed E-state index contributed by atoms with van der Waals surface area (Å²) >= 11 is 0. The monoisotopic (exact) mass is 328 g/mol. The summed E-state index contributed by atoms with van der Waals surface area (Å²) < 4.78 is 10.8. The second kappa shape index (κ2) is 5.96. The van der Waals surface area contributed by atoms with Crippen LogP contribution in [0, 0.1) is 5.41 Å². The first-order chi connectivity index (χ1) is 11.3. The molecule has 1 aliphatic rings. The van der Waals surface area contributed by atoms with E-state index in [1.807, 2.05) is 25.1 Å². The molecule has 0 aliphatic heterocycles. The number of hydrogen-bond acceptors (Lipinski definition) is 4. The summed E-state index contributed by atoms with van der Waals surface area (Å²) in [6.45, 7) is 8.29. The molecule has 0 fully saturated rings. The van der Waals surface area contributed by atoms with Crippen molar-refractivity contribution in [1.29, 1.82) is 0 Å². The van der Waals surface area contributed by atoms with Crippen molar-refractivity contribution >= 4 is 5.91 Å². The number of methoxy groups -OCH3 is 1. The minimum atomic E-state index is -0.172. The SMILES string of the molecule is COc1ccc2c(c1)-c1onc(C(=O)N[C@@H](C)C(C)(C)C)c1CC2. The van der Waals surface area contributed by atoms with Gasteiger partial charge in [-0.2, -0.15) is 0 Å². The maximum Gasteiger partial charge on any atom is 0.274 e. The number of nitrogens with zero attached hydrogens (tertiary/aromatic N) is 1. The van der Waals surface area contributed by atoms with Crippen LogP contribution in [0.5, 0.6) is 5.75 Å². The van der Waals surface area contributed by atoms with E-state index in [-0.39, 0.29) is 17.4 Å². The van der Waals surface area contributed by atoms with Gasteiger partial charge in [-0.1, -0.05) is 32.0 Å². The molecule has 1 amide bonds. The molecular weight excluding hydrogens is 304 g/mol. The molecule has 1 N–H and O–H groups in total. The second-order valence-corrected chi connectivity index (χ2v) is 7.42. The van der Waals surface area contributed by atoms with Crippen LogP contribution < -0.4 is 10.1 Å². The lowest BCUT2D eigenvalue weighted by molar-refractivity contribution is 0.0900. The van der Waals surface area contributed by atoms with E-state index in [0.29, 0.717) is 11.5 Å². The first-order valence-electron chi connectivity index (χ1n) is 8.28. The summed E-state index contributed by atoms with van der Waals surface area (Å²) in [5.41, 5.74) is 3.42. The summed E-state index contributed by atoms with van der Waals surface area (Å²) in [4.78, 5) is 12.6. The number of carbonyl (C=O) groups is 1. The fourth-order valence-corrected chi connectivity index (χ4v) is 2.78. The average molecular weight is 328 g/mol. The van der Waals surface area contributed by atoms with Gasteiger partial charge in [0.2, 0.25) is 0 Å². The lowest BCUT2D eigenvalue weighted by Crippen LogP contribution is -2.41. The molecular formula is C19H24N2O3. The average Bonchev–Trinajstić information content (AvgIpc) is 2.97. The fraction of sp³-hybridized carbons (Fsp3) is 0.474. The zero-order valence-electron chi connectivity index (χ0n) is 14.9. The number of nitrogens with one attached hydrogen (secondary N) is 1. The van der Waals surface area contributed by atoms with Crippen LogP contribution >= 0.6 is 0 Å². The van der Waals surface area contributed by atoms with Crippen molar-refractivity contribution < 1.29 is 14.1 Å². The van der Waals surface area contributed by atoms with Crippen molar-refractivity contribution in [3.05, 3.63) is 35.0 Å². The van der Waals surface area contributed by atoms with Crippen molar-refractivity contribution in [1.82, 2.24) is 10.5 Å². The first-order valence-corrected chi connectivity index (χ1v) is 8.28. The van der Waals surface area contributed by atoms with E-state index in [4.69, 9.17) is 9.26 Å². The van der Waals surface area contributed by atoms with Gasteiger partial charge in [-0.05, 0) is 42.9 Å². The zero-order chi connectivity index (χ0) is 17.5. The fourth-order valence-electron chi connectivity index (χ4n) is 2.78. The number of aromatic nitrogens is 1. The normalized spacial score (nSPS) is 14.5. The van der Waals surface area contributed by atoms with E-state index in [2.05, 4.69) is 31.2 Å². The molecule has 2 aromatic rings. The van der Waals surface area contributed by atoms with Crippen LogP contribution in [0.4, 0.5) is 0 Å². The molecule has 3 rings (SSSR count). The molecule has 1 aromatic carbocycles. The molecule has 0 saturated carbocycles. The topological polar surface area (TPSA) is 64.4 Å². The first kappa shape index (κ1) is 16.6. The summed E-state index contributed by atoms with van der Waals surface area (Å²) in [6, 6.07) is 5.96. The van der Waals surface area contributed by atoms with Crippen molar-refractivity contribution in [3.8, 4) is 17.1 Å². The lowest BCUT2D eigenvalue weighted by Gasteiger charge is -2.27. The minimum Gasteiger partial charge on any atom is -0.497 e. The molecule has 5 heteroatoms. The molecule has 0 saturated heterocycles. The van der Waals surface area contributed by atoms with Crippen LogP contribution in [0.2, 0.25) is 0 Å². The van der Waals surface area contributed by atoms with Crippen molar-refractivity contribution in [3.63, 3.8) is 0 Å². The number of carbonyl (C=O) groups excluding carboxylic acids is 1. The van der Waals surface area contributed by atoms with Crippen molar-refractivity contribution in [2.45, 2.75) is 46.6 Å². The van der Waals surface area contributed by atoms with Gasteiger partial charge in [0.05, 0.1) is 7.11 Å². The molecule has 0 bridgehead atoms. The molecule has 1 atom stereocenters. The number of aryl methyl sites for hydroxylation is 1. The highest BCUT2D eigenvalue weighted by atomic mass is 16.5. The Kier molecular flexibility index (Phi) is 4.11. The third kappa shape index (κ3) is 2.90. The Balaban J connectivity index is 1.92. The number of benzene rings is 1. The third-order valence-corrected chi connectivity index (χ3v) is 4.86. The smallest absolute Gasteiger partial charge is 0.274 e. The van der Waals surface area contributed by atoms with E-state index in [1.165, 1.54) is 5.56 Å². The largest absolute Gasteiger partial charge is 0.497 e. The van der Waals surface area contributed by atoms with Gasteiger partial charge in [-0.25, -0.2) is 0 Å². The summed E-state index contributed by atoms with van der Waals surface area (Å²) in [5, 5.41) is 7.09. The number of rotatable bonds is 3. The Morgan fingerprint density at radius 1 is 1.33 bits per heavy atom. The Hall–Kier alpha value is -2.30. The van der Waals surface area contributed by atoms with E-state index in [0.717, 1.165) is 29.7 Å². The van der Waals surface area contributed by atoms with Crippen molar-refractivity contribution in [2.24, 2.45) is 5.41 Å². The van der Waals surface area contributed by atoms with Gasteiger partial charge in [0.15, 0.2) is 11.5 Å². The highest BCUT2D eigenvalue weighted by Gasteiger charge is 2.30. The molecule has 0 spiro atoms. The Labute approximate surface area is 142 Å². The number of amides is 1. The minimum absolute atomic E-state index is 0.0145. The molecule has 1 aromatic heterocycles. The van der Waals surface area contributed by atoms with E-state index >= 15 is 0 Å². The standard InChI is InChI=1S/C19H24N2O3/c1-11(19(2,3)4)20-18(22)16-14-9-7-12-6-8-13(23-5)10-15(12)17(14)24-21-16/h6,8,10-11H,7,9H2,1-5H3,(H,20,22)/t11-/m0/s1. The van der Waals surface area contributed by atoms with Crippen LogP contribution in [0.3, 0.4) is 0 Å². The Morgan fingerprint density at radius 2 is 2.08 bits per heavy atom. The second-order valence-electron chi connectivity index (χ2n) is 7.42.